The number of nitrogens with zero attached hydrogens (tertiary/aromatic N) is 2. The number of rotatable bonds is 4. The third-order valence-electron chi connectivity index (χ3n) is 3.15. The van der Waals surface area contributed by atoms with E-state index in [1.54, 1.807) is 13.0 Å². The van der Waals surface area contributed by atoms with E-state index in [4.69, 9.17) is 10.5 Å². The molecule has 0 fully saturated rings. The molecule has 0 saturated carbocycles. The van der Waals surface area contributed by atoms with E-state index in [0.29, 0.717) is 23.6 Å². The fraction of sp³-hybridized carbons (Fsp3) is 0.312. The molecule has 2 rings (SSSR count). The van der Waals surface area contributed by atoms with Gasteiger partial charge in [0.2, 0.25) is 0 Å². The van der Waals surface area contributed by atoms with Gasteiger partial charge in [-0.2, -0.15) is 5.26 Å². The van der Waals surface area contributed by atoms with Crippen LogP contribution in [-0.4, -0.2) is 17.6 Å². The molecule has 0 spiro atoms. The maximum atomic E-state index is 11.6. The summed E-state index contributed by atoms with van der Waals surface area (Å²) in [6.07, 6.45) is 7.98. The normalized spacial score (nSPS) is 13.4. The number of esters is 1. The van der Waals surface area contributed by atoms with Crippen molar-refractivity contribution >= 4 is 17.2 Å². The number of anilines is 1. The zero-order valence-corrected chi connectivity index (χ0v) is 11.9. The number of carbonyl (C=O) groups is 1. The minimum atomic E-state index is -0.389. The van der Waals surface area contributed by atoms with Crippen LogP contribution in [0.25, 0.3) is 5.57 Å². The van der Waals surface area contributed by atoms with Gasteiger partial charge in [0.25, 0.3) is 0 Å². The van der Waals surface area contributed by atoms with Crippen molar-refractivity contribution in [1.82, 2.24) is 4.98 Å². The minimum absolute atomic E-state index is 0.00308. The van der Waals surface area contributed by atoms with Crippen molar-refractivity contribution in [2.24, 2.45) is 0 Å². The number of hydrogen-bond donors (Lipinski definition) is 1. The Balaban J connectivity index is 2.36. The van der Waals surface area contributed by atoms with Gasteiger partial charge in [-0.3, -0.25) is 4.79 Å². The standard InChI is InChI=1S/C16H17N3O2/c1-2-21-15(20)9-12-8-13(18)16(19-14(12)10-17)11-6-4-3-5-7-11/h4,6-8H,2-3,5,9,18H2,1H3. The van der Waals surface area contributed by atoms with Crippen molar-refractivity contribution in [3.8, 4) is 6.07 Å². The maximum Gasteiger partial charge on any atom is 0.310 e. The Morgan fingerprint density at radius 1 is 1.52 bits per heavy atom. The highest BCUT2D eigenvalue weighted by Gasteiger charge is 2.15. The minimum Gasteiger partial charge on any atom is -0.466 e. The smallest absolute Gasteiger partial charge is 0.310 e. The van der Waals surface area contributed by atoms with Crippen LogP contribution in [0, 0.1) is 11.3 Å². The number of nitrogens with two attached hydrogens (primary N) is 1. The van der Waals surface area contributed by atoms with Gasteiger partial charge in [0.05, 0.1) is 24.4 Å². The van der Waals surface area contributed by atoms with Crippen LogP contribution in [0.4, 0.5) is 5.69 Å². The molecule has 5 heteroatoms. The molecule has 21 heavy (non-hydrogen) atoms. The van der Waals surface area contributed by atoms with Gasteiger partial charge in [0.15, 0.2) is 0 Å². The van der Waals surface area contributed by atoms with Crippen LogP contribution >= 0.6 is 0 Å². The van der Waals surface area contributed by atoms with Gasteiger partial charge in [-0.05, 0) is 31.4 Å². The second-order valence-corrected chi connectivity index (χ2v) is 4.67. The van der Waals surface area contributed by atoms with E-state index in [9.17, 15) is 10.1 Å². The van der Waals surface area contributed by atoms with Crippen molar-refractivity contribution in [3.63, 3.8) is 0 Å². The first kappa shape index (κ1) is 14.8. The van der Waals surface area contributed by atoms with Crippen LogP contribution in [0.1, 0.15) is 36.7 Å². The summed E-state index contributed by atoms with van der Waals surface area (Å²) in [4.78, 5) is 15.9. The summed E-state index contributed by atoms with van der Waals surface area (Å²) < 4.78 is 4.89. The van der Waals surface area contributed by atoms with Crippen LogP contribution < -0.4 is 5.73 Å². The second kappa shape index (κ2) is 6.71. The van der Waals surface area contributed by atoms with Crippen molar-refractivity contribution in [3.05, 3.63) is 41.2 Å². The summed E-state index contributed by atoms with van der Waals surface area (Å²) in [6.45, 7) is 2.04. The molecule has 108 valence electrons. The van der Waals surface area contributed by atoms with Gasteiger partial charge in [0, 0.05) is 5.56 Å². The Bertz CT molecular complexity index is 654. The Morgan fingerprint density at radius 3 is 2.95 bits per heavy atom. The van der Waals surface area contributed by atoms with Gasteiger partial charge in [-0.25, -0.2) is 4.98 Å². The lowest BCUT2D eigenvalue weighted by molar-refractivity contribution is -0.142. The van der Waals surface area contributed by atoms with Crippen LogP contribution in [0.5, 0.6) is 0 Å². The number of carbonyl (C=O) groups excluding carboxylic acids is 1. The molecule has 0 radical (unpaired) electrons. The molecular formula is C16H17N3O2. The third-order valence-corrected chi connectivity index (χ3v) is 3.15. The number of allylic oxidation sites excluding steroid dienone is 4. The first-order valence-electron chi connectivity index (χ1n) is 6.88. The average Bonchev–Trinajstić information content (AvgIpc) is 2.48. The van der Waals surface area contributed by atoms with E-state index in [1.165, 1.54) is 0 Å². The van der Waals surface area contributed by atoms with E-state index >= 15 is 0 Å². The molecule has 0 amide bonds. The van der Waals surface area contributed by atoms with Crippen molar-refractivity contribution in [2.45, 2.75) is 26.2 Å². The molecule has 1 aromatic heterocycles. The fourth-order valence-corrected chi connectivity index (χ4v) is 2.19. The molecule has 1 aliphatic carbocycles. The monoisotopic (exact) mass is 283 g/mol. The Morgan fingerprint density at radius 2 is 2.33 bits per heavy atom. The SMILES string of the molecule is CCOC(=O)Cc1cc(N)c(C2=CCCC=C2)nc1C#N. The van der Waals surface area contributed by atoms with Crippen LogP contribution in [0.15, 0.2) is 24.3 Å². The summed E-state index contributed by atoms with van der Waals surface area (Å²) in [6, 6.07) is 3.66. The molecule has 1 aliphatic rings. The first-order chi connectivity index (χ1) is 10.2. The highest BCUT2D eigenvalue weighted by atomic mass is 16.5. The summed E-state index contributed by atoms with van der Waals surface area (Å²) in [5.41, 5.74) is 8.71. The van der Waals surface area contributed by atoms with Gasteiger partial charge in [-0.1, -0.05) is 18.2 Å². The maximum absolute atomic E-state index is 11.6. The van der Waals surface area contributed by atoms with Crippen molar-refractivity contribution in [1.29, 1.82) is 5.26 Å². The molecule has 1 heterocycles. The Labute approximate surface area is 123 Å². The van der Waals surface area contributed by atoms with Crippen molar-refractivity contribution < 1.29 is 9.53 Å². The number of nitrogen functional groups attached to an aromatic ring is 1. The first-order valence-corrected chi connectivity index (χ1v) is 6.88. The predicted octanol–water partition coefficient (Wildman–Crippen LogP) is 2.37. The number of aromatic nitrogens is 1. The summed E-state index contributed by atoms with van der Waals surface area (Å²) >= 11 is 0. The lowest BCUT2D eigenvalue weighted by atomic mass is 10.0. The third kappa shape index (κ3) is 3.48. The van der Waals surface area contributed by atoms with E-state index < -0.39 is 0 Å². The van der Waals surface area contributed by atoms with Crippen LogP contribution in [0.2, 0.25) is 0 Å². The topological polar surface area (TPSA) is 89.0 Å². The molecule has 0 atom stereocenters. The van der Waals surface area contributed by atoms with E-state index in [1.807, 2.05) is 18.2 Å². The van der Waals surface area contributed by atoms with Gasteiger partial charge in [0.1, 0.15) is 11.8 Å². The van der Waals surface area contributed by atoms with E-state index in [2.05, 4.69) is 11.1 Å². The molecule has 0 aliphatic heterocycles. The number of hydrogen-bond acceptors (Lipinski definition) is 5. The van der Waals surface area contributed by atoms with Gasteiger partial charge < -0.3 is 10.5 Å². The summed E-state index contributed by atoms with van der Waals surface area (Å²) in [5.74, 6) is -0.389. The molecule has 0 bridgehead atoms. The zero-order valence-electron chi connectivity index (χ0n) is 11.9. The highest BCUT2D eigenvalue weighted by molar-refractivity contribution is 5.81. The number of nitriles is 1. The lowest BCUT2D eigenvalue weighted by Gasteiger charge is -2.12. The fourth-order valence-electron chi connectivity index (χ4n) is 2.19. The summed E-state index contributed by atoms with van der Waals surface area (Å²) in [5, 5.41) is 9.23. The largest absolute Gasteiger partial charge is 0.466 e. The molecule has 5 nitrogen and oxygen atoms in total. The molecule has 0 saturated heterocycles. The number of ether oxygens (including phenoxy) is 1. The number of pyridine rings is 1. The van der Waals surface area contributed by atoms with Crippen molar-refractivity contribution in [2.75, 3.05) is 12.3 Å². The lowest BCUT2D eigenvalue weighted by Crippen LogP contribution is -2.11. The van der Waals surface area contributed by atoms with E-state index in [0.717, 1.165) is 18.4 Å². The van der Waals surface area contributed by atoms with E-state index in [-0.39, 0.29) is 18.1 Å². The highest BCUT2D eigenvalue weighted by Crippen LogP contribution is 2.26. The molecule has 0 unspecified atom stereocenters. The van der Waals surface area contributed by atoms with Gasteiger partial charge >= 0.3 is 5.97 Å². The quantitative estimate of drug-likeness (QED) is 0.857. The average molecular weight is 283 g/mol. The summed E-state index contributed by atoms with van der Waals surface area (Å²) in [7, 11) is 0. The predicted molar refractivity (Wildman–Crippen MR) is 80.1 cm³/mol. The van der Waals surface area contributed by atoms with Gasteiger partial charge in [-0.15, -0.1) is 0 Å². The molecule has 0 aromatic carbocycles. The second-order valence-electron chi connectivity index (χ2n) is 4.67. The van der Waals surface area contributed by atoms with Crippen LogP contribution in [-0.2, 0) is 16.0 Å². The molecular weight excluding hydrogens is 266 g/mol. The molecule has 2 N–H and O–H groups in total. The molecule has 1 aromatic rings. The van der Waals surface area contributed by atoms with Crippen LogP contribution in [0.3, 0.4) is 0 Å². The zero-order chi connectivity index (χ0) is 15.2. The Hall–Kier alpha value is -2.61. The Kier molecular flexibility index (Phi) is 4.72.